The van der Waals surface area contributed by atoms with Gasteiger partial charge in [0.1, 0.15) is 0 Å². The molecule has 1 unspecified atom stereocenters. The fourth-order valence-corrected chi connectivity index (χ4v) is 3.10. The lowest BCUT2D eigenvalue weighted by Gasteiger charge is -2.20. The molecular weight excluding hydrogens is 298 g/mol. The van der Waals surface area contributed by atoms with E-state index in [4.69, 9.17) is 9.47 Å². The van der Waals surface area contributed by atoms with Crippen molar-refractivity contribution < 1.29 is 14.3 Å². The number of carbonyl (C=O) groups is 1. The van der Waals surface area contributed by atoms with Crippen LogP contribution in [0, 0.1) is 0 Å². The number of hydrogen-bond acceptors (Lipinski definition) is 4. The molecule has 1 fully saturated rings. The number of carbonyl (C=O) groups excluding carboxylic acids is 1. The Morgan fingerprint density at radius 1 is 1.39 bits per heavy atom. The van der Waals surface area contributed by atoms with Gasteiger partial charge in [-0.3, -0.25) is 4.79 Å². The summed E-state index contributed by atoms with van der Waals surface area (Å²) < 4.78 is 11.6. The molecule has 0 radical (unpaired) electrons. The first-order valence-corrected chi connectivity index (χ1v) is 6.65. The summed E-state index contributed by atoms with van der Waals surface area (Å²) in [6.07, 6.45) is 2.97. The Bertz CT molecular complexity index is 456. The summed E-state index contributed by atoms with van der Waals surface area (Å²) in [7, 11) is 3.14. The summed E-state index contributed by atoms with van der Waals surface area (Å²) in [5.41, 5.74) is 1.51. The first-order valence-electron chi connectivity index (χ1n) is 5.85. The second-order valence-corrected chi connectivity index (χ2v) is 5.05. The standard InChI is InChI=1S/C13H16BrNO3/c1-17-12-8(7-16)6-9(14)11(13(12)18-2)10-4-3-5-15-10/h6-7,10,15H,3-5H2,1-2H3. The maximum Gasteiger partial charge on any atom is 0.171 e. The second-order valence-electron chi connectivity index (χ2n) is 4.19. The van der Waals surface area contributed by atoms with Gasteiger partial charge in [0.25, 0.3) is 0 Å². The highest BCUT2D eigenvalue weighted by Crippen LogP contribution is 2.44. The Kier molecular flexibility index (Phi) is 4.24. The number of methoxy groups -OCH3 is 2. The number of nitrogens with one attached hydrogen (secondary N) is 1. The van der Waals surface area contributed by atoms with Crippen LogP contribution in [0.15, 0.2) is 10.5 Å². The lowest BCUT2D eigenvalue weighted by atomic mass is 10.0. The average molecular weight is 314 g/mol. The van der Waals surface area contributed by atoms with E-state index >= 15 is 0 Å². The van der Waals surface area contributed by atoms with Crippen LogP contribution < -0.4 is 14.8 Å². The van der Waals surface area contributed by atoms with Crippen LogP contribution in [0.2, 0.25) is 0 Å². The van der Waals surface area contributed by atoms with Crippen molar-refractivity contribution >= 4 is 22.2 Å². The molecule has 1 N–H and O–H groups in total. The zero-order valence-electron chi connectivity index (χ0n) is 10.5. The van der Waals surface area contributed by atoms with Crippen LogP contribution in [-0.2, 0) is 0 Å². The molecule has 1 aromatic rings. The predicted molar refractivity (Wildman–Crippen MR) is 72.6 cm³/mol. The van der Waals surface area contributed by atoms with Gasteiger partial charge in [0.05, 0.1) is 19.8 Å². The molecule has 0 aliphatic carbocycles. The van der Waals surface area contributed by atoms with Gasteiger partial charge in [0, 0.05) is 16.1 Å². The largest absolute Gasteiger partial charge is 0.492 e. The molecular formula is C13H16BrNO3. The van der Waals surface area contributed by atoms with Gasteiger partial charge in [-0.15, -0.1) is 0 Å². The summed E-state index contributed by atoms with van der Waals surface area (Å²) in [6, 6.07) is 2.02. The zero-order valence-corrected chi connectivity index (χ0v) is 12.0. The van der Waals surface area contributed by atoms with Crippen molar-refractivity contribution in [1.29, 1.82) is 0 Å². The van der Waals surface area contributed by atoms with Crippen LogP contribution in [0.25, 0.3) is 0 Å². The number of benzene rings is 1. The van der Waals surface area contributed by atoms with E-state index in [1.54, 1.807) is 20.3 Å². The van der Waals surface area contributed by atoms with Crippen LogP contribution >= 0.6 is 15.9 Å². The molecule has 18 heavy (non-hydrogen) atoms. The number of halogens is 1. The molecule has 5 heteroatoms. The SMILES string of the molecule is COc1c(C=O)cc(Br)c(C2CCCN2)c1OC. The van der Waals surface area contributed by atoms with Gasteiger partial charge >= 0.3 is 0 Å². The Morgan fingerprint density at radius 3 is 2.61 bits per heavy atom. The third kappa shape index (κ3) is 2.24. The zero-order chi connectivity index (χ0) is 13.1. The van der Waals surface area contributed by atoms with E-state index in [1.165, 1.54) is 0 Å². The number of hydrogen-bond donors (Lipinski definition) is 1. The van der Waals surface area contributed by atoms with Crippen LogP contribution in [0.1, 0.15) is 34.8 Å². The van der Waals surface area contributed by atoms with E-state index in [0.717, 1.165) is 35.7 Å². The van der Waals surface area contributed by atoms with Crippen molar-refractivity contribution in [1.82, 2.24) is 5.32 Å². The molecule has 4 nitrogen and oxygen atoms in total. The Hall–Kier alpha value is -1.07. The molecule has 98 valence electrons. The van der Waals surface area contributed by atoms with Gasteiger partial charge < -0.3 is 14.8 Å². The number of aldehydes is 1. The highest BCUT2D eigenvalue weighted by atomic mass is 79.9. The van der Waals surface area contributed by atoms with Gasteiger partial charge in [-0.25, -0.2) is 0 Å². The third-order valence-corrected chi connectivity index (χ3v) is 3.85. The number of ether oxygens (including phenoxy) is 2. The Labute approximate surface area is 115 Å². The molecule has 0 spiro atoms. The first-order chi connectivity index (χ1) is 8.72. The maximum absolute atomic E-state index is 11.1. The van der Waals surface area contributed by atoms with Crippen molar-refractivity contribution in [2.75, 3.05) is 20.8 Å². The first kappa shape index (κ1) is 13.4. The Morgan fingerprint density at radius 2 is 2.11 bits per heavy atom. The summed E-state index contributed by atoms with van der Waals surface area (Å²) in [4.78, 5) is 11.1. The highest BCUT2D eigenvalue weighted by Gasteiger charge is 2.26. The van der Waals surface area contributed by atoms with E-state index in [-0.39, 0.29) is 6.04 Å². The molecule has 0 aromatic heterocycles. The van der Waals surface area contributed by atoms with Crippen molar-refractivity contribution in [3.8, 4) is 11.5 Å². The van der Waals surface area contributed by atoms with E-state index in [2.05, 4.69) is 21.2 Å². The molecule has 1 aliphatic rings. The number of rotatable bonds is 4. The lowest BCUT2D eigenvalue weighted by molar-refractivity contribution is 0.112. The predicted octanol–water partition coefficient (Wildman–Crippen LogP) is 2.70. The van der Waals surface area contributed by atoms with E-state index in [0.29, 0.717) is 17.1 Å². The van der Waals surface area contributed by atoms with Crippen LogP contribution in [0.3, 0.4) is 0 Å². The molecule has 2 rings (SSSR count). The van der Waals surface area contributed by atoms with Gasteiger partial charge in [-0.2, -0.15) is 0 Å². The van der Waals surface area contributed by atoms with Crippen molar-refractivity contribution in [2.45, 2.75) is 18.9 Å². The third-order valence-electron chi connectivity index (χ3n) is 3.20. The molecule has 1 atom stereocenters. The molecule has 0 amide bonds. The van der Waals surface area contributed by atoms with Gasteiger partial charge in [0.2, 0.25) is 0 Å². The molecule has 1 heterocycles. The quantitative estimate of drug-likeness (QED) is 0.868. The minimum atomic E-state index is 0.240. The minimum Gasteiger partial charge on any atom is -0.492 e. The van der Waals surface area contributed by atoms with Crippen LogP contribution in [0.4, 0.5) is 0 Å². The fourth-order valence-electron chi connectivity index (χ4n) is 2.40. The monoisotopic (exact) mass is 313 g/mol. The van der Waals surface area contributed by atoms with Gasteiger partial charge in [-0.1, -0.05) is 15.9 Å². The summed E-state index contributed by atoms with van der Waals surface area (Å²) in [5.74, 6) is 1.13. The fraction of sp³-hybridized carbons (Fsp3) is 0.462. The highest BCUT2D eigenvalue weighted by molar-refractivity contribution is 9.10. The smallest absolute Gasteiger partial charge is 0.171 e. The lowest BCUT2D eigenvalue weighted by Crippen LogP contribution is -2.15. The molecule has 0 bridgehead atoms. The van der Waals surface area contributed by atoms with E-state index < -0.39 is 0 Å². The van der Waals surface area contributed by atoms with Gasteiger partial charge in [0.15, 0.2) is 17.8 Å². The van der Waals surface area contributed by atoms with Crippen LogP contribution in [0.5, 0.6) is 11.5 Å². The second kappa shape index (κ2) is 5.71. The molecule has 1 aliphatic heterocycles. The molecule has 0 saturated carbocycles. The van der Waals surface area contributed by atoms with Crippen molar-refractivity contribution in [3.63, 3.8) is 0 Å². The van der Waals surface area contributed by atoms with Crippen molar-refractivity contribution in [2.24, 2.45) is 0 Å². The molecule has 1 aromatic carbocycles. The summed E-state index contributed by atoms with van der Waals surface area (Å²) in [6.45, 7) is 0.998. The maximum atomic E-state index is 11.1. The van der Waals surface area contributed by atoms with Crippen molar-refractivity contribution in [3.05, 3.63) is 21.7 Å². The van der Waals surface area contributed by atoms with E-state index in [1.807, 2.05) is 0 Å². The van der Waals surface area contributed by atoms with E-state index in [9.17, 15) is 4.79 Å². The van der Waals surface area contributed by atoms with Crippen LogP contribution in [-0.4, -0.2) is 27.1 Å². The minimum absolute atomic E-state index is 0.240. The molecule has 1 saturated heterocycles. The Balaban J connectivity index is 2.59. The average Bonchev–Trinajstić information content (AvgIpc) is 2.90. The summed E-state index contributed by atoms with van der Waals surface area (Å²) in [5, 5.41) is 3.42. The normalized spacial score (nSPS) is 18.7. The summed E-state index contributed by atoms with van der Waals surface area (Å²) >= 11 is 3.52. The van der Waals surface area contributed by atoms with Gasteiger partial charge in [-0.05, 0) is 25.5 Å². The topological polar surface area (TPSA) is 47.6 Å².